The third-order valence-electron chi connectivity index (χ3n) is 4.94. The monoisotopic (exact) mass is 416 g/mol. The summed E-state index contributed by atoms with van der Waals surface area (Å²) in [5, 5.41) is 2.17. The Morgan fingerprint density at radius 1 is 0.800 bits per heavy atom. The first-order valence-corrected chi connectivity index (χ1v) is 10.6. The molecule has 0 unspecified atom stereocenters. The number of aryl methyl sites for hydroxylation is 1. The lowest BCUT2D eigenvalue weighted by Crippen LogP contribution is -2.16. The average molecular weight is 417 g/mol. The largest absolute Gasteiger partial charge is 0.497 e. The van der Waals surface area contributed by atoms with Gasteiger partial charge in [-0.15, -0.1) is 11.3 Å². The number of aromatic nitrogens is 1. The maximum Gasteiger partial charge on any atom is 0.190 e. The number of hydrogen-bond donors (Lipinski definition) is 0. The fraction of sp³-hybridized carbons (Fsp3) is 0.160. The number of benzene rings is 3. The van der Waals surface area contributed by atoms with Gasteiger partial charge in [-0.25, -0.2) is 4.99 Å². The minimum Gasteiger partial charge on any atom is -0.497 e. The number of methoxy groups -OCH3 is 2. The first kappa shape index (κ1) is 20.0. The van der Waals surface area contributed by atoms with E-state index in [4.69, 9.17) is 14.5 Å². The highest BCUT2D eigenvalue weighted by Crippen LogP contribution is 2.25. The second kappa shape index (κ2) is 9.01. The third-order valence-corrected chi connectivity index (χ3v) is 5.81. The van der Waals surface area contributed by atoms with Crippen molar-refractivity contribution in [3.05, 3.63) is 94.1 Å². The lowest BCUT2D eigenvalue weighted by molar-refractivity contribution is 0.414. The Labute approximate surface area is 180 Å². The van der Waals surface area contributed by atoms with Crippen molar-refractivity contribution >= 4 is 17.0 Å². The molecule has 0 spiro atoms. The average Bonchev–Trinajstić information content (AvgIpc) is 3.18. The van der Waals surface area contributed by atoms with Crippen LogP contribution in [0.1, 0.15) is 11.1 Å². The Hall–Kier alpha value is -3.31. The van der Waals surface area contributed by atoms with Gasteiger partial charge in [0.05, 0.1) is 32.1 Å². The van der Waals surface area contributed by atoms with Crippen LogP contribution in [0.4, 0.5) is 5.69 Å². The lowest BCUT2D eigenvalue weighted by atomic mass is 10.1. The number of hydrogen-bond acceptors (Lipinski definition) is 4. The van der Waals surface area contributed by atoms with Crippen molar-refractivity contribution in [2.24, 2.45) is 4.99 Å². The molecule has 0 aliphatic heterocycles. The minimum absolute atomic E-state index is 0.750. The van der Waals surface area contributed by atoms with Crippen molar-refractivity contribution in [2.45, 2.75) is 13.5 Å². The van der Waals surface area contributed by atoms with Crippen LogP contribution in [0.3, 0.4) is 0 Å². The zero-order valence-electron chi connectivity index (χ0n) is 17.3. The first-order chi connectivity index (χ1) is 14.7. The van der Waals surface area contributed by atoms with Crippen molar-refractivity contribution in [1.82, 2.24) is 4.57 Å². The van der Waals surface area contributed by atoms with Gasteiger partial charge in [0.2, 0.25) is 0 Å². The van der Waals surface area contributed by atoms with Gasteiger partial charge >= 0.3 is 0 Å². The summed E-state index contributed by atoms with van der Waals surface area (Å²) in [6.45, 7) is 2.86. The van der Waals surface area contributed by atoms with E-state index in [0.29, 0.717) is 0 Å². The van der Waals surface area contributed by atoms with E-state index >= 15 is 0 Å². The summed E-state index contributed by atoms with van der Waals surface area (Å²) < 4.78 is 12.8. The van der Waals surface area contributed by atoms with Crippen LogP contribution in [0.15, 0.2) is 83.2 Å². The van der Waals surface area contributed by atoms with E-state index in [1.54, 1.807) is 25.6 Å². The molecular weight excluding hydrogens is 392 g/mol. The third kappa shape index (κ3) is 4.47. The highest BCUT2D eigenvalue weighted by molar-refractivity contribution is 7.07. The summed E-state index contributed by atoms with van der Waals surface area (Å²) in [6.07, 6.45) is 0. The van der Waals surface area contributed by atoms with E-state index in [2.05, 4.69) is 53.3 Å². The molecule has 1 heterocycles. The minimum atomic E-state index is 0.750. The number of rotatable bonds is 6. The topological polar surface area (TPSA) is 35.8 Å². The number of nitrogens with zero attached hydrogens (tertiary/aromatic N) is 2. The Bertz CT molecular complexity index is 1170. The molecule has 0 saturated carbocycles. The van der Waals surface area contributed by atoms with E-state index in [1.165, 1.54) is 11.1 Å². The van der Waals surface area contributed by atoms with Gasteiger partial charge in [-0.2, -0.15) is 0 Å². The van der Waals surface area contributed by atoms with Gasteiger partial charge < -0.3 is 14.0 Å². The molecule has 4 rings (SSSR count). The fourth-order valence-electron chi connectivity index (χ4n) is 3.21. The highest BCUT2D eigenvalue weighted by atomic mass is 32.1. The van der Waals surface area contributed by atoms with Gasteiger partial charge in [0.25, 0.3) is 0 Å². The standard InChI is InChI=1S/C25H24N2O2S/c1-18-4-6-19(7-5-18)16-27-24(20-8-12-22(28-2)13-9-20)17-30-25(27)26-21-10-14-23(29-3)15-11-21/h4-15,17H,16H2,1-3H3. The van der Waals surface area contributed by atoms with Gasteiger partial charge in [-0.3, -0.25) is 0 Å². The molecule has 4 nitrogen and oxygen atoms in total. The molecule has 30 heavy (non-hydrogen) atoms. The van der Waals surface area contributed by atoms with Crippen LogP contribution in [-0.2, 0) is 6.54 Å². The summed E-state index contributed by atoms with van der Waals surface area (Å²) >= 11 is 1.64. The predicted molar refractivity (Wildman–Crippen MR) is 123 cm³/mol. The maximum absolute atomic E-state index is 5.31. The van der Waals surface area contributed by atoms with Gasteiger partial charge in [0, 0.05) is 5.38 Å². The quantitative estimate of drug-likeness (QED) is 0.397. The SMILES string of the molecule is COc1ccc(N=c2scc(-c3ccc(OC)cc3)n2Cc2ccc(C)cc2)cc1. The molecule has 0 aliphatic rings. The smallest absolute Gasteiger partial charge is 0.190 e. The first-order valence-electron chi connectivity index (χ1n) is 9.73. The van der Waals surface area contributed by atoms with Crippen LogP contribution in [0.25, 0.3) is 11.3 Å². The second-order valence-electron chi connectivity index (χ2n) is 7.01. The second-order valence-corrected chi connectivity index (χ2v) is 7.85. The molecule has 0 aliphatic carbocycles. The van der Waals surface area contributed by atoms with Gasteiger partial charge in [0.1, 0.15) is 11.5 Å². The summed E-state index contributed by atoms with van der Waals surface area (Å²) in [7, 11) is 3.35. The summed E-state index contributed by atoms with van der Waals surface area (Å²) in [6, 6.07) is 24.6. The van der Waals surface area contributed by atoms with E-state index in [0.717, 1.165) is 39.8 Å². The normalized spacial score (nSPS) is 11.5. The zero-order chi connectivity index (χ0) is 20.9. The van der Waals surface area contributed by atoms with Crippen LogP contribution in [0.5, 0.6) is 11.5 Å². The Balaban J connectivity index is 1.79. The molecule has 0 atom stereocenters. The molecule has 1 aromatic heterocycles. The van der Waals surface area contributed by atoms with Crippen LogP contribution in [-0.4, -0.2) is 18.8 Å². The molecule has 0 saturated heterocycles. The van der Waals surface area contributed by atoms with Crippen LogP contribution in [0.2, 0.25) is 0 Å². The maximum atomic E-state index is 5.31. The van der Waals surface area contributed by atoms with Crippen molar-refractivity contribution in [3.63, 3.8) is 0 Å². The number of thiazole rings is 1. The molecule has 5 heteroatoms. The molecule has 0 amide bonds. The van der Waals surface area contributed by atoms with E-state index in [9.17, 15) is 0 Å². The number of ether oxygens (including phenoxy) is 2. The summed E-state index contributed by atoms with van der Waals surface area (Å²) in [5.74, 6) is 1.67. The van der Waals surface area contributed by atoms with Crippen molar-refractivity contribution in [3.8, 4) is 22.8 Å². The Morgan fingerprint density at radius 2 is 1.40 bits per heavy atom. The molecular formula is C25H24N2O2S. The molecule has 4 aromatic rings. The molecule has 0 radical (unpaired) electrons. The molecule has 0 bridgehead atoms. The predicted octanol–water partition coefficient (Wildman–Crippen LogP) is 5.82. The van der Waals surface area contributed by atoms with Crippen LogP contribution >= 0.6 is 11.3 Å². The summed E-state index contributed by atoms with van der Waals surface area (Å²) in [4.78, 5) is 5.86. The Morgan fingerprint density at radius 3 is 2.00 bits per heavy atom. The van der Waals surface area contributed by atoms with Gasteiger partial charge in [-0.1, -0.05) is 29.8 Å². The molecule has 3 aromatic carbocycles. The van der Waals surface area contributed by atoms with Gasteiger partial charge in [-0.05, 0) is 66.6 Å². The fourth-order valence-corrected chi connectivity index (χ4v) is 4.14. The molecule has 0 fully saturated rings. The molecule has 152 valence electrons. The van der Waals surface area contributed by atoms with Crippen LogP contribution < -0.4 is 14.3 Å². The lowest BCUT2D eigenvalue weighted by Gasteiger charge is -2.10. The van der Waals surface area contributed by atoms with Crippen molar-refractivity contribution in [2.75, 3.05) is 14.2 Å². The molecule has 0 N–H and O–H groups in total. The van der Waals surface area contributed by atoms with Crippen molar-refractivity contribution < 1.29 is 9.47 Å². The van der Waals surface area contributed by atoms with E-state index in [-0.39, 0.29) is 0 Å². The highest BCUT2D eigenvalue weighted by Gasteiger charge is 2.10. The van der Waals surface area contributed by atoms with E-state index < -0.39 is 0 Å². The van der Waals surface area contributed by atoms with Crippen LogP contribution in [0, 0.1) is 6.92 Å². The van der Waals surface area contributed by atoms with E-state index in [1.807, 2.05) is 36.4 Å². The zero-order valence-corrected chi connectivity index (χ0v) is 18.1. The van der Waals surface area contributed by atoms with Gasteiger partial charge in [0.15, 0.2) is 4.80 Å². The Kier molecular flexibility index (Phi) is 6.00. The summed E-state index contributed by atoms with van der Waals surface area (Å²) in [5.41, 5.74) is 5.67. The van der Waals surface area contributed by atoms with Crippen molar-refractivity contribution in [1.29, 1.82) is 0 Å².